The van der Waals surface area contributed by atoms with E-state index in [0.29, 0.717) is 18.7 Å². The van der Waals surface area contributed by atoms with Crippen LogP contribution in [0.5, 0.6) is 5.75 Å². The van der Waals surface area contributed by atoms with Gasteiger partial charge in [0.05, 0.1) is 12.0 Å². The van der Waals surface area contributed by atoms with E-state index in [2.05, 4.69) is 23.1 Å². The molecule has 1 fully saturated rings. The zero-order chi connectivity index (χ0) is 18.7. The second-order valence-electron chi connectivity index (χ2n) is 7.32. The SMILES string of the molecule is CC(C)c1ccc(CN2C[C@@H](C#N)[C@H](c3ccccc3)C2)c(O)c(=O)c1. The van der Waals surface area contributed by atoms with Gasteiger partial charge in [-0.05, 0) is 23.1 Å². The summed E-state index contributed by atoms with van der Waals surface area (Å²) < 4.78 is 0. The maximum Gasteiger partial charge on any atom is 0.220 e. The Morgan fingerprint density at radius 1 is 1.19 bits per heavy atom. The summed E-state index contributed by atoms with van der Waals surface area (Å²) in [5, 5.41) is 19.9. The molecule has 134 valence electrons. The van der Waals surface area contributed by atoms with Crippen molar-refractivity contribution >= 4 is 0 Å². The fourth-order valence-electron chi connectivity index (χ4n) is 3.61. The summed E-state index contributed by atoms with van der Waals surface area (Å²) >= 11 is 0. The van der Waals surface area contributed by atoms with Gasteiger partial charge in [0.2, 0.25) is 5.43 Å². The van der Waals surface area contributed by atoms with Crippen molar-refractivity contribution < 1.29 is 5.11 Å². The van der Waals surface area contributed by atoms with Crippen molar-refractivity contribution in [1.82, 2.24) is 4.90 Å². The average Bonchev–Trinajstić information content (AvgIpc) is 3.00. The van der Waals surface area contributed by atoms with Gasteiger partial charge in [0.1, 0.15) is 0 Å². The Kier molecular flexibility index (Phi) is 5.39. The lowest BCUT2D eigenvalue weighted by Gasteiger charge is -2.16. The number of nitrogens with zero attached hydrogens (tertiary/aromatic N) is 2. The fourth-order valence-corrected chi connectivity index (χ4v) is 3.61. The Morgan fingerprint density at radius 2 is 1.92 bits per heavy atom. The first kappa shape index (κ1) is 18.2. The highest BCUT2D eigenvalue weighted by molar-refractivity contribution is 5.35. The maximum absolute atomic E-state index is 12.2. The molecule has 2 aromatic carbocycles. The molecule has 0 aromatic heterocycles. The van der Waals surface area contributed by atoms with Gasteiger partial charge in [0, 0.05) is 31.1 Å². The topological polar surface area (TPSA) is 64.3 Å². The van der Waals surface area contributed by atoms with Crippen molar-refractivity contribution in [1.29, 1.82) is 5.26 Å². The molecule has 0 aliphatic carbocycles. The Bertz CT molecular complexity index is 871. The minimum atomic E-state index is -0.343. The van der Waals surface area contributed by atoms with Gasteiger partial charge in [-0.15, -0.1) is 0 Å². The molecule has 4 nitrogen and oxygen atoms in total. The van der Waals surface area contributed by atoms with E-state index in [4.69, 9.17) is 0 Å². The quantitative estimate of drug-likeness (QED) is 0.917. The van der Waals surface area contributed by atoms with E-state index in [0.717, 1.165) is 17.7 Å². The molecule has 2 aromatic rings. The molecule has 1 aliphatic rings. The van der Waals surface area contributed by atoms with Gasteiger partial charge in [-0.2, -0.15) is 5.26 Å². The third-order valence-corrected chi connectivity index (χ3v) is 5.16. The van der Waals surface area contributed by atoms with E-state index in [-0.39, 0.29) is 28.9 Å². The molecule has 1 heterocycles. The zero-order valence-corrected chi connectivity index (χ0v) is 15.2. The van der Waals surface area contributed by atoms with E-state index in [1.165, 1.54) is 6.07 Å². The smallest absolute Gasteiger partial charge is 0.220 e. The van der Waals surface area contributed by atoms with Gasteiger partial charge >= 0.3 is 0 Å². The first-order valence-electron chi connectivity index (χ1n) is 9.02. The largest absolute Gasteiger partial charge is 0.504 e. The molecule has 1 N–H and O–H groups in total. The minimum Gasteiger partial charge on any atom is -0.504 e. The van der Waals surface area contributed by atoms with E-state index < -0.39 is 0 Å². The van der Waals surface area contributed by atoms with Crippen LogP contribution in [0, 0.1) is 17.2 Å². The molecule has 1 saturated heterocycles. The van der Waals surface area contributed by atoms with Gasteiger partial charge in [0.25, 0.3) is 0 Å². The molecular formula is C22H24N2O2. The van der Waals surface area contributed by atoms with Crippen LogP contribution in [0.2, 0.25) is 0 Å². The number of nitriles is 1. The lowest BCUT2D eigenvalue weighted by Crippen LogP contribution is -2.20. The third-order valence-electron chi connectivity index (χ3n) is 5.16. The van der Waals surface area contributed by atoms with Crippen LogP contribution in [0.4, 0.5) is 0 Å². The highest BCUT2D eigenvalue weighted by Crippen LogP contribution is 2.33. The minimum absolute atomic E-state index is 0.0880. The van der Waals surface area contributed by atoms with Crippen molar-refractivity contribution in [2.24, 2.45) is 5.92 Å². The van der Waals surface area contributed by atoms with Gasteiger partial charge in [0.15, 0.2) is 5.75 Å². The Balaban J connectivity index is 1.84. The van der Waals surface area contributed by atoms with E-state index in [9.17, 15) is 15.2 Å². The number of likely N-dealkylation sites (tertiary alicyclic amines) is 1. The summed E-state index contributed by atoms with van der Waals surface area (Å²) in [6.45, 7) is 5.89. The zero-order valence-electron chi connectivity index (χ0n) is 15.2. The normalized spacial score (nSPS) is 20.2. The van der Waals surface area contributed by atoms with Crippen LogP contribution in [0.3, 0.4) is 0 Å². The molecule has 0 amide bonds. The molecule has 26 heavy (non-hydrogen) atoms. The molecule has 4 heteroatoms. The summed E-state index contributed by atoms with van der Waals surface area (Å²) in [4.78, 5) is 14.4. The molecule has 0 saturated carbocycles. The highest BCUT2D eigenvalue weighted by Gasteiger charge is 2.34. The van der Waals surface area contributed by atoms with Crippen LogP contribution in [-0.4, -0.2) is 23.1 Å². The third kappa shape index (κ3) is 3.79. The van der Waals surface area contributed by atoms with Crippen LogP contribution in [0.15, 0.2) is 53.3 Å². The molecule has 0 radical (unpaired) electrons. The number of hydrogen-bond acceptors (Lipinski definition) is 4. The van der Waals surface area contributed by atoms with Crippen LogP contribution >= 0.6 is 0 Å². The van der Waals surface area contributed by atoms with Crippen LogP contribution in [-0.2, 0) is 6.54 Å². The van der Waals surface area contributed by atoms with E-state index in [1.807, 2.05) is 44.2 Å². The second kappa shape index (κ2) is 7.72. The Hall–Kier alpha value is -2.64. The Morgan fingerprint density at radius 3 is 2.58 bits per heavy atom. The lowest BCUT2D eigenvalue weighted by molar-refractivity contribution is 0.315. The highest BCUT2D eigenvalue weighted by atomic mass is 16.3. The molecule has 3 rings (SSSR count). The monoisotopic (exact) mass is 348 g/mol. The molecule has 2 atom stereocenters. The molecule has 0 unspecified atom stereocenters. The summed E-state index contributed by atoms with van der Waals surface area (Å²) in [7, 11) is 0. The van der Waals surface area contributed by atoms with Gasteiger partial charge in [-0.25, -0.2) is 0 Å². The number of rotatable bonds is 4. The maximum atomic E-state index is 12.2. The van der Waals surface area contributed by atoms with E-state index in [1.54, 1.807) is 0 Å². The van der Waals surface area contributed by atoms with E-state index >= 15 is 0 Å². The van der Waals surface area contributed by atoms with Crippen molar-refractivity contribution in [3.05, 3.63) is 75.4 Å². The molecule has 1 aliphatic heterocycles. The summed E-state index contributed by atoms with van der Waals surface area (Å²) in [5.41, 5.74) is 2.35. The summed E-state index contributed by atoms with van der Waals surface area (Å²) in [5.74, 6) is 0.0989. The first-order chi connectivity index (χ1) is 12.5. The number of benzene rings is 1. The number of hydrogen-bond donors (Lipinski definition) is 1. The van der Waals surface area contributed by atoms with Gasteiger partial charge in [-0.1, -0.05) is 56.3 Å². The van der Waals surface area contributed by atoms with Crippen molar-refractivity contribution in [2.75, 3.05) is 13.1 Å². The lowest BCUT2D eigenvalue weighted by atomic mass is 9.90. The van der Waals surface area contributed by atoms with Gasteiger partial charge < -0.3 is 5.11 Å². The van der Waals surface area contributed by atoms with Crippen LogP contribution < -0.4 is 5.43 Å². The molecule has 0 bridgehead atoms. The van der Waals surface area contributed by atoms with Gasteiger partial charge in [-0.3, -0.25) is 9.69 Å². The average molecular weight is 348 g/mol. The molecule has 0 spiro atoms. The predicted octanol–water partition coefficient (Wildman–Crippen LogP) is 3.61. The molecular weight excluding hydrogens is 324 g/mol. The van der Waals surface area contributed by atoms with Crippen molar-refractivity contribution in [2.45, 2.75) is 32.2 Å². The van der Waals surface area contributed by atoms with Crippen molar-refractivity contribution in [3.8, 4) is 11.8 Å². The predicted molar refractivity (Wildman–Crippen MR) is 102 cm³/mol. The first-order valence-corrected chi connectivity index (χ1v) is 9.02. The summed E-state index contributed by atoms with van der Waals surface area (Å²) in [6.07, 6.45) is 0. The Labute approximate surface area is 154 Å². The second-order valence-corrected chi connectivity index (χ2v) is 7.32. The summed E-state index contributed by atoms with van der Waals surface area (Å²) in [6, 6.07) is 17.8. The van der Waals surface area contributed by atoms with Crippen LogP contribution in [0.25, 0.3) is 0 Å². The number of aromatic hydroxyl groups is 1. The van der Waals surface area contributed by atoms with Crippen LogP contribution in [0.1, 0.15) is 42.4 Å². The van der Waals surface area contributed by atoms with Crippen molar-refractivity contribution in [3.63, 3.8) is 0 Å². The standard InChI is InChI=1S/C22H24N2O2/c1-15(2)17-8-9-18(22(26)21(25)10-17)12-24-13-19(11-23)20(14-24)16-6-4-3-5-7-16/h3-10,15,19-20H,12-14H2,1-2H3,(H,25,26)/t19-,20+/m1/s1. The fraction of sp³-hybridized carbons (Fsp3) is 0.364.